The van der Waals surface area contributed by atoms with Crippen LogP contribution in [-0.2, 0) is 19.3 Å². The Hall–Kier alpha value is -6.42. The fourth-order valence-corrected chi connectivity index (χ4v) is 10.8. The Bertz CT molecular complexity index is 2380. The third-order valence-electron chi connectivity index (χ3n) is 15.6. The van der Waals surface area contributed by atoms with Crippen molar-refractivity contribution in [3.63, 3.8) is 0 Å². The summed E-state index contributed by atoms with van der Waals surface area (Å²) in [5, 5.41) is 30.0. The molecule has 0 spiro atoms. The van der Waals surface area contributed by atoms with E-state index in [1.165, 1.54) is 16.7 Å². The van der Waals surface area contributed by atoms with E-state index in [2.05, 4.69) is 123 Å². The van der Waals surface area contributed by atoms with Gasteiger partial charge in [0.15, 0.2) is 0 Å². The Kier molecular flexibility index (Phi) is 20.1. The maximum atomic E-state index is 10.0. The molecule has 0 unspecified atom stereocenters. The Morgan fingerprint density at radius 1 is 0.452 bits per heavy atom. The summed E-state index contributed by atoms with van der Waals surface area (Å²) in [5.74, 6) is 3.64. The molecule has 3 aliphatic heterocycles. The number of nitrogens with two attached hydrogens (primary N) is 3. The molecule has 6 heterocycles. The van der Waals surface area contributed by atoms with Crippen molar-refractivity contribution in [1.29, 1.82) is 0 Å². The summed E-state index contributed by atoms with van der Waals surface area (Å²) in [6.07, 6.45) is 19.1. The van der Waals surface area contributed by atoms with E-state index < -0.39 is 0 Å². The molecule has 0 amide bonds. The smallest absolute Gasteiger partial charge is 0.227 e. The van der Waals surface area contributed by atoms with Crippen LogP contribution < -0.4 is 31.9 Å². The lowest BCUT2D eigenvalue weighted by Gasteiger charge is -2.41. The second kappa shape index (κ2) is 27.0. The third-order valence-corrected chi connectivity index (χ3v) is 15.6. The Labute approximate surface area is 433 Å². The number of piperidine rings is 3. The van der Waals surface area contributed by atoms with Gasteiger partial charge in [0, 0.05) is 83.2 Å². The van der Waals surface area contributed by atoms with Gasteiger partial charge in [-0.15, -0.1) is 0 Å². The number of benzene rings is 3. The molecule has 9 N–H and O–H groups in total. The van der Waals surface area contributed by atoms with Gasteiger partial charge < -0.3 is 47.2 Å². The zero-order chi connectivity index (χ0) is 51.4. The van der Waals surface area contributed by atoms with Crippen molar-refractivity contribution in [2.75, 3.05) is 91.0 Å². The van der Waals surface area contributed by atoms with Gasteiger partial charge in [-0.05, 0) is 148 Å². The Morgan fingerprint density at radius 2 is 0.849 bits per heavy atom. The van der Waals surface area contributed by atoms with Gasteiger partial charge >= 0.3 is 0 Å². The van der Waals surface area contributed by atoms with Gasteiger partial charge in [0.2, 0.25) is 17.8 Å². The van der Waals surface area contributed by atoms with E-state index in [4.69, 9.17) is 17.2 Å². The van der Waals surface area contributed by atoms with Crippen LogP contribution in [0.25, 0.3) is 0 Å². The first-order chi connectivity index (χ1) is 35.5. The number of anilines is 6. The van der Waals surface area contributed by atoms with E-state index in [1.807, 2.05) is 31.2 Å². The van der Waals surface area contributed by atoms with Crippen LogP contribution in [0.1, 0.15) is 99.4 Å². The number of rotatable bonds is 18. The molecule has 15 nitrogen and oxygen atoms in total. The Morgan fingerprint density at radius 3 is 1.25 bits per heavy atom. The van der Waals surface area contributed by atoms with Gasteiger partial charge in [-0.1, -0.05) is 91.0 Å². The molecule has 9 rings (SSSR count). The highest BCUT2D eigenvalue weighted by molar-refractivity contribution is 5.44. The van der Waals surface area contributed by atoms with Gasteiger partial charge in [0.05, 0.1) is 0 Å². The second-order valence-corrected chi connectivity index (χ2v) is 20.7. The van der Waals surface area contributed by atoms with Gasteiger partial charge in [-0.3, -0.25) is 0 Å². The van der Waals surface area contributed by atoms with Crippen molar-refractivity contribution in [3.05, 3.63) is 144 Å². The van der Waals surface area contributed by atoms with E-state index in [0.29, 0.717) is 23.7 Å². The number of hydrogen-bond donors (Lipinski definition) is 6. The SMILES string of the molecule is Cc1cc(N2CCC(CO)(CCCc3ccccc3)CC2)nc(N)n1.Nc1ccnc(N2CCC(CO)(CCCc3ccccc3)CC2)n1.Nc1nccc(N2CCC(CO)(CCCc3ccccc3)CC2)n1. The highest BCUT2D eigenvalue weighted by Crippen LogP contribution is 2.40. The molecule has 3 fully saturated rings. The van der Waals surface area contributed by atoms with Gasteiger partial charge in [0.1, 0.15) is 17.5 Å². The summed E-state index contributed by atoms with van der Waals surface area (Å²) in [7, 11) is 0. The average Bonchev–Trinajstić information content (AvgIpc) is 3.42. The predicted molar refractivity (Wildman–Crippen MR) is 295 cm³/mol. The molecule has 0 bridgehead atoms. The van der Waals surface area contributed by atoms with Crippen LogP contribution in [0.2, 0.25) is 0 Å². The molecule has 0 radical (unpaired) electrons. The zero-order valence-electron chi connectivity index (χ0n) is 43.1. The minimum absolute atomic E-state index is 0.0333. The van der Waals surface area contributed by atoms with E-state index in [-0.39, 0.29) is 36.1 Å². The fourth-order valence-electron chi connectivity index (χ4n) is 10.8. The van der Waals surface area contributed by atoms with E-state index in [0.717, 1.165) is 153 Å². The summed E-state index contributed by atoms with van der Waals surface area (Å²) in [6, 6.07) is 37.3. The molecule has 390 valence electrons. The minimum Gasteiger partial charge on any atom is -0.396 e. The van der Waals surface area contributed by atoms with Crippen LogP contribution in [0.3, 0.4) is 0 Å². The fraction of sp³-hybridized carbons (Fsp3) is 0.483. The Balaban J connectivity index is 0.000000160. The molecule has 15 heteroatoms. The highest BCUT2D eigenvalue weighted by Gasteiger charge is 2.36. The third kappa shape index (κ3) is 16.3. The van der Waals surface area contributed by atoms with Gasteiger partial charge in [-0.2, -0.15) is 15.0 Å². The lowest BCUT2D eigenvalue weighted by Crippen LogP contribution is -2.42. The molecule has 0 atom stereocenters. The van der Waals surface area contributed by atoms with Crippen molar-refractivity contribution in [1.82, 2.24) is 29.9 Å². The van der Waals surface area contributed by atoms with Crippen molar-refractivity contribution in [2.24, 2.45) is 16.2 Å². The molecule has 3 saturated heterocycles. The van der Waals surface area contributed by atoms with Crippen LogP contribution in [-0.4, -0.2) is 104 Å². The number of nitrogens with zero attached hydrogens (tertiary/aromatic N) is 9. The first kappa shape index (κ1) is 54.4. The van der Waals surface area contributed by atoms with Crippen molar-refractivity contribution < 1.29 is 15.3 Å². The van der Waals surface area contributed by atoms with Crippen LogP contribution in [0.4, 0.5) is 35.3 Å². The largest absolute Gasteiger partial charge is 0.396 e. The molecule has 3 aromatic carbocycles. The van der Waals surface area contributed by atoms with Crippen molar-refractivity contribution in [3.8, 4) is 0 Å². The maximum absolute atomic E-state index is 10.0. The summed E-state index contributed by atoms with van der Waals surface area (Å²) in [5.41, 5.74) is 22.3. The molecule has 6 aromatic rings. The van der Waals surface area contributed by atoms with E-state index in [1.54, 1.807) is 18.5 Å². The van der Waals surface area contributed by atoms with Crippen LogP contribution in [0.15, 0.2) is 122 Å². The monoisotopic (exact) mass is 993 g/mol. The van der Waals surface area contributed by atoms with Crippen LogP contribution >= 0.6 is 0 Å². The number of aliphatic hydroxyl groups excluding tert-OH is 3. The second-order valence-electron chi connectivity index (χ2n) is 20.7. The van der Waals surface area contributed by atoms with Crippen LogP contribution in [0.5, 0.6) is 0 Å². The van der Waals surface area contributed by atoms with Crippen molar-refractivity contribution in [2.45, 2.75) is 103 Å². The molecular formula is C58H80N12O3. The minimum atomic E-state index is 0.0333. The molecule has 3 aromatic heterocycles. The standard InChI is InChI=1S/C20H28N4O.2C19H26N4O/c1-16-14-18(23-19(21)22-16)24-12-10-20(15-25,11-13-24)9-5-8-17-6-3-2-4-7-17;20-18-21-12-8-17(22-18)23-13-10-19(15-24,11-14-23)9-4-7-16-5-2-1-3-6-16;20-17-8-12-21-18(22-17)23-13-10-19(15-24,11-14-23)9-4-7-16-5-2-1-3-6-16/h2-4,6-7,14,25H,5,8-13,15H2,1H3,(H2,21,22,23);2*1-3,5-6,8,12,24H,4,7,9-11,13-15H2,(H2,20,21,22). The number of aliphatic hydroxyl groups is 3. The summed E-state index contributed by atoms with van der Waals surface area (Å²) in [4.78, 5) is 32.0. The summed E-state index contributed by atoms with van der Waals surface area (Å²) in [6.45, 7) is 8.08. The number of nitrogen functional groups attached to an aromatic ring is 3. The number of aryl methyl sites for hydroxylation is 4. The first-order valence-electron chi connectivity index (χ1n) is 26.5. The topological polar surface area (TPSA) is 226 Å². The van der Waals surface area contributed by atoms with Crippen molar-refractivity contribution >= 4 is 35.3 Å². The maximum Gasteiger partial charge on any atom is 0.227 e. The first-order valence-corrected chi connectivity index (χ1v) is 26.5. The van der Waals surface area contributed by atoms with E-state index in [9.17, 15) is 15.3 Å². The lowest BCUT2D eigenvalue weighted by atomic mass is 9.75. The molecule has 0 aliphatic carbocycles. The summed E-state index contributed by atoms with van der Waals surface area (Å²) >= 11 is 0. The predicted octanol–water partition coefficient (Wildman–Crippen LogP) is 8.29. The summed E-state index contributed by atoms with van der Waals surface area (Å²) < 4.78 is 0. The van der Waals surface area contributed by atoms with Gasteiger partial charge in [0.25, 0.3) is 0 Å². The highest BCUT2D eigenvalue weighted by atomic mass is 16.3. The average molecular weight is 993 g/mol. The molecule has 73 heavy (non-hydrogen) atoms. The van der Waals surface area contributed by atoms with E-state index >= 15 is 0 Å². The quantitative estimate of drug-likeness (QED) is 0.0476. The normalized spacial score (nSPS) is 16.9. The molecule has 0 saturated carbocycles. The molecule has 3 aliphatic rings. The number of hydrogen-bond acceptors (Lipinski definition) is 15. The number of aromatic nitrogens is 6. The zero-order valence-corrected chi connectivity index (χ0v) is 43.1. The van der Waals surface area contributed by atoms with Gasteiger partial charge in [-0.25, -0.2) is 15.0 Å². The lowest BCUT2D eigenvalue weighted by molar-refractivity contribution is 0.0847. The molecular weight excluding hydrogens is 913 g/mol. The van der Waals surface area contributed by atoms with Crippen LogP contribution in [0, 0.1) is 23.2 Å².